The number of carbonyl (C=O) groups is 1. The molecule has 0 saturated carbocycles. The summed E-state index contributed by atoms with van der Waals surface area (Å²) in [6.07, 6.45) is 1.62. The van der Waals surface area contributed by atoms with Crippen LogP contribution in [-0.4, -0.2) is 46.1 Å². The summed E-state index contributed by atoms with van der Waals surface area (Å²) in [4.78, 5) is 17.2. The highest BCUT2D eigenvalue weighted by Gasteiger charge is 2.29. The topological polar surface area (TPSA) is 64.0 Å². The van der Waals surface area contributed by atoms with Gasteiger partial charge in [0.2, 0.25) is 0 Å². The molecule has 1 amide bonds. The molecule has 2 aliphatic heterocycles. The van der Waals surface area contributed by atoms with E-state index in [1.165, 1.54) is 17.5 Å². The van der Waals surface area contributed by atoms with Gasteiger partial charge in [-0.3, -0.25) is 13.9 Å². The van der Waals surface area contributed by atoms with Gasteiger partial charge in [0, 0.05) is 48.4 Å². The van der Waals surface area contributed by atoms with E-state index in [9.17, 15) is 18.3 Å². The minimum Gasteiger partial charge on any atom is -0.368 e. The van der Waals surface area contributed by atoms with E-state index in [1.54, 1.807) is 41.3 Å². The molecule has 7 heteroatoms. The van der Waals surface area contributed by atoms with Crippen LogP contribution in [0.4, 0.5) is 10.1 Å². The zero-order valence-corrected chi connectivity index (χ0v) is 14.8. The maximum absolute atomic E-state index is 13.1. The summed E-state index contributed by atoms with van der Waals surface area (Å²) in [6, 6.07) is 11.4. The fraction of sp³-hybridized carbons (Fsp3) is 0.211. The van der Waals surface area contributed by atoms with Gasteiger partial charge in [-0.05, 0) is 42.5 Å². The Kier molecular flexibility index (Phi) is 4.22. The number of hydrogen-bond acceptors (Lipinski definition) is 4. The van der Waals surface area contributed by atoms with Gasteiger partial charge in [0.15, 0.2) is 0 Å². The molecule has 4 rings (SSSR count). The summed E-state index contributed by atoms with van der Waals surface area (Å²) in [5.74, 6) is -0.373. The Bertz CT molecular complexity index is 875. The highest BCUT2D eigenvalue weighted by Crippen LogP contribution is 2.56. The predicted molar refractivity (Wildman–Crippen MR) is 101 cm³/mol. The van der Waals surface area contributed by atoms with Crippen molar-refractivity contribution in [2.24, 2.45) is 0 Å². The van der Waals surface area contributed by atoms with E-state index >= 15 is 0 Å². The van der Waals surface area contributed by atoms with Gasteiger partial charge in [-0.1, -0.05) is 6.07 Å². The van der Waals surface area contributed by atoms with Gasteiger partial charge in [-0.2, -0.15) is 0 Å². The Morgan fingerprint density at radius 1 is 1.00 bits per heavy atom. The van der Waals surface area contributed by atoms with Crippen molar-refractivity contribution in [2.45, 2.75) is 4.90 Å². The zero-order chi connectivity index (χ0) is 18.3. The zero-order valence-electron chi connectivity index (χ0n) is 14.0. The predicted octanol–water partition coefficient (Wildman–Crippen LogP) is 3.88. The third-order valence-electron chi connectivity index (χ3n) is 4.80. The van der Waals surface area contributed by atoms with Crippen molar-refractivity contribution >= 4 is 28.3 Å². The van der Waals surface area contributed by atoms with Crippen LogP contribution in [0.1, 0.15) is 15.9 Å². The average molecular weight is 374 g/mol. The van der Waals surface area contributed by atoms with Crippen molar-refractivity contribution in [1.29, 1.82) is 0 Å². The molecule has 1 saturated heterocycles. The van der Waals surface area contributed by atoms with Gasteiger partial charge in [0.05, 0.1) is 4.90 Å². The lowest BCUT2D eigenvalue weighted by Crippen LogP contribution is -2.49. The Morgan fingerprint density at radius 2 is 1.69 bits per heavy atom. The number of fused-ring (bicyclic) bond motifs is 1. The smallest absolute Gasteiger partial charge is 0.254 e. The van der Waals surface area contributed by atoms with Crippen molar-refractivity contribution in [1.82, 2.24) is 4.90 Å². The molecule has 0 aliphatic carbocycles. The summed E-state index contributed by atoms with van der Waals surface area (Å²) in [5.41, 5.74) is 2.03. The molecule has 26 heavy (non-hydrogen) atoms. The standard InChI is InChI=1S/C19H19FN2O3S/c20-14-4-6-15(7-5-14)21-9-11-22(12-10-21)19(23)17-2-1-3-18-16(17)8-13-26(18,24)25/h1-8,13,24-25H,9-12H2. The summed E-state index contributed by atoms with van der Waals surface area (Å²) >= 11 is 0. The number of amides is 1. The Balaban J connectivity index is 1.49. The molecule has 0 bridgehead atoms. The second kappa shape index (κ2) is 6.42. The van der Waals surface area contributed by atoms with Crippen LogP contribution in [0.2, 0.25) is 0 Å². The van der Waals surface area contributed by atoms with E-state index in [4.69, 9.17) is 0 Å². The monoisotopic (exact) mass is 374 g/mol. The first-order valence-electron chi connectivity index (χ1n) is 8.35. The molecule has 1 fully saturated rings. The molecule has 0 radical (unpaired) electrons. The normalized spacial score (nSPS) is 19.3. The third-order valence-corrected chi connectivity index (χ3v) is 6.32. The van der Waals surface area contributed by atoms with Gasteiger partial charge < -0.3 is 9.80 Å². The molecular formula is C19H19FN2O3S. The summed E-state index contributed by atoms with van der Waals surface area (Å²) in [6.45, 7) is 2.44. The van der Waals surface area contributed by atoms with Crippen LogP contribution in [-0.2, 0) is 0 Å². The molecule has 0 aromatic heterocycles. The van der Waals surface area contributed by atoms with Crippen LogP contribution < -0.4 is 4.90 Å². The Hall–Kier alpha value is -2.35. The highest BCUT2D eigenvalue weighted by molar-refractivity contribution is 8.27. The van der Waals surface area contributed by atoms with E-state index in [2.05, 4.69) is 4.90 Å². The molecule has 2 aromatic rings. The summed E-state index contributed by atoms with van der Waals surface area (Å²) in [7, 11) is -2.93. The van der Waals surface area contributed by atoms with Crippen molar-refractivity contribution in [3.05, 3.63) is 64.8 Å². The second-order valence-corrected chi connectivity index (χ2v) is 8.27. The molecule has 5 nitrogen and oxygen atoms in total. The van der Waals surface area contributed by atoms with E-state index in [-0.39, 0.29) is 11.7 Å². The molecular weight excluding hydrogens is 355 g/mol. The van der Waals surface area contributed by atoms with Crippen LogP contribution in [0.5, 0.6) is 0 Å². The molecule has 0 spiro atoms. The number of benzene rings is 2. The van der Waals surface area contributed by atoms with Gasteiger partial charge >= 0.3 is 0 Å². The minimum atomic E-state index is -2.93. The molecule has 2 N–H and O–H groups in total. The number of rotatable bonds is 2. The molecule has 0 unspecified atom stereocenters. The van der Waals surface area contributed by atoms with Crippen molar-refractivity contribution < 1.29 is 18.3 Å². The molecule has 2 aliphatic rings. The Morgan fingerprint density at radius 3 is 2.38 bits per heavy atom. The fourth-order valence-electron chi connectivity index (χ4n) is 3.39. The first-order valence-corrected chi connectivity index (χ1v) is 9.96. The largest absolute Gasteiger partial charge is 0.368 e. The quantitative estimate of drug-likeness (QED) is 0.837. The number of piperazine rings is 1. The van der Waals surface area contributed by atoms with E-state index in [1.807, 2.05) is 0 Å². The molecule has 2 heterocycles. The number of hydrogen-bond donors (Lipinski definition) is 2. The minimum absolute atomic E-state index is 0.109. The lowest BCUT2D eigenvalue weighted by molar-refractivity contribution is 0.0746. The average Bonchev–Trinajstić information content (AvgIpc) is 2.97. The fourth-order valence-corrected chi connectivity index (χ4v) is 4.64. The molecule has 2 aromatic carbocycles. The van der Waals surface area contributed by atoms with E-state index in [0.717, 1.165) is 5.69 Å². The van der Waals surface area contributed by atoms with Crippen LogP contribution in [0, 0.1) is 5.82 Å². The first kappa shape index (κ1) is 17.1. The van der Waals surface area contributed by atoms with E-state index in [0.29, 0.717) is 42.2 Å². The second-order valence-electron chi connectivity index (χ2n) is 6.37. The Labute approximate surface area is 152 Å². The lowest BCUT2D eigenvalue weighted by atomic mass is 10.1. The molecule has 136 valence electrons. The third kappa shape index (κ3) is 2.98. The van der Waals surface area contributed by atoms with Crippen molar-refractivity contribution in [2.75, 3.05) is 31.1 Å². The van der Waals surface area contributed by atoms with Gasteiger partial charge in [0.1, 0.15) is 5.82 Å². The molecule has 0 atom stereocenters. The number of anilines is 1. The first-order chi connectivity index (χ1) is 12.5. The van der Waals surface area contributed by atoms with E-state index < -0.39 is 10.6 Å². The van der Waals surface area contributed by atoms with Gasteiger partial charge in [-0.25, -0.2) is 4.39 Å². The highest BCUT2D eigenvalue weighted by atomic mass is 32.3. The number of nitrogens with zero attached hydrogens (tertiary/aromatic N) is 2. The summed E-state index contributed by atoms with van der Waals surface area (Å²) < 4.78 is 33.1. The number of carbonyl (C=O) groups excluding carboxylic acids is 1. The SMILES string of the molecule is O=C(c1cccc2c1C=CS2(O)O)N1CCN(c2ccc(F)cc2)CC1. The summed E-state index contributed by atoms with van der Waals surface area (Å²) in [5, 5.41) is 1.36. The van der Waals surface area contributed by atoms with Crippen LogP contribution in [0.3, 0.4) is 0 Å². The van der Waals surface area contributed by atoms with Crippen molar-refractivity contribution in [3.8, 4) is 0 Å². The lowest BCUT2D eigenvalue weighted by Gasteiger charge is -2.36. The maximum atomic E-state index is 13.1. The van der Waals surface area contributed by atoms with Crippen LogP contribution in [0.25, 0.3) is 6.08 Å². The van der Waals surface area contributed by atoms with Gasteiger partial charge in [0.25, 0.3) is 5.91 Å². The number of halogens is 1. The van der Waals surface area contributed by atoms with Crippen LogP contribution in [0.15, 0.2) is 52.8 Å². The maximum Gasteiger partial charge on any atom is 0.254 e. The van der Waals surface area contributed by atoms with Crippen molar-refractivity contribution in [3.63, 3.8) is 0 Å². The van der Waals surface area contributed by atoms with Gasteiger partial charge in [-0.15, -0.1) is 10.6 Å². The van der Waals surface area contributed by atoms with Crippen LogP contribution >= 0.6 is 10.6 Å².